The largest absolute Gasteiger partial charge is 0.485 e. The number of hydrogen-bond acceptors (Lipinski definition) is 4. The van der Waals surface area contributed by atoms with Gasteiger partial charge in [-0.15, -0.1) is 0 Å². The summed E-state index contributed by atoms with van der Waals surface area (Å²) in [5.74, 6) is -1.04. The highest BCUT2D eigenvalue weighted by molar-refractivity contribution is 6.04. The predicted octanol–water partition coefficient (Wildman–Crippen LogP) is 3.84. The van der Waals surface area contributed by atoms with E-state index < -0.39 is 12.1 Å². The van der Waals surface area contributed by atoms with Crippen molar-refractivity contribution in [3.8, 4) is 5.75 Å². The third kappa shape index (κ3) is 6.33. The van der Waals surface area contributed by atoms with E-state index in [2.05, 4.69) is 10.6 Å². The molecule has 0 saturated carbocycles. The van der Waals surface area contributed by atoms with Gasteiger partial charge in [0.1, 0.15) is 11.9 Å². The van der Waals surface area contributed by atoms with E-state index in [1.807, 2.05) is 30.3 Å². The Labute approximate surface area is 179 Å². The Kier molecular flexibility index (Phi) is 6.85. The quantitative estimate of drug-likeness (QED) is 0.278. The summed E-state index contributed by atoms with van der Waals surface area (Å²) >= 11 is 0. The van der Waals surface area contributed by atoms with Crippen LogP contribution in [0, 0.1) is 5.41 Å². The molecule has 3 rings (SSSR count). The van der Waals surface area contributed by atoms with Gasteiger partial charge in [-0.25, -0.2) is 0 Å². The molecule has 0 aliphatic rings. The van der Waals surface area contributed by atoms with Gasteiger partial charge in [0.2, 0.25) is 0 Å². The first-order chi connectivity index (χ1) is 14.9. The summed E-state index contributed by atoms with van der Waals surface area (Å²) in [5, 5.41) is 21.9. The average Bonchev–Trinajstić information content (AvgIpc) is 2.74. The molecule has 8 heteroatoms. The van der Waals surface area contributed by atoms with Crippen molar-refractivity contribution in [2.45, 2.75) is 12.5 Å². The highest BCUT2D eigenvalue weighted by atomic mass is 16.5. The summed E-state index contributed by atoms with van der Waals surface area (Å²) < 4.78 is 5.92. The summed E-state index contributed by atoms with van der Waals surface area (Å²) in [4.78, 5) is 23.8. The van der Waals surface area contributed by atoms with Crippen LogP contribution in [0.1, 0.15) is 28.4 Å². The van der Waals surface area contributed by atoms with Crippen LogP contribution in [-0.2, 0) is 4.79 Å². The molecule has 1 unspecified atom stereocenters. The lowest BCUT2D eigenvalue weighted by molar-refractivity contribution is -0.138. The van der Waals surface area contributed by atoms with Gasteiger partial charge >= 0.3 is 5.97 Å². The molecule has 1 atom stereocenters. The highest BCUT2D eigenvalue weighted by Crippen LogP contribution is 2.27. The second kappa shape index (κ2) is 9.93. The molecule has 0 fully saturated rings. The van der Waals surface area contributed by atoms with Crippen molar-refractivity contribution in [2.75, 3.05) is 10.6 Å². The third-order valence-electron chi connectivity index (χ3n) is 4.33. The number of guanidine groups is 1. The zero-order valence-corrected chi connectivity index (χ0v) is 16.5. The van der Waals surface area contributed by atoms with E-state index in [1.165, 1.54) is 0 Å². The summed E-state index contributed by atoms with van der Waals surface area (Å²) in [6.45, 7) is 0. The number of rotatable bonds is 8. The monoisotopic (exact) mass is 418 g/mol. The van der Waals surface area contributed by atoms with E-state index in [4.69, 9.17) is 15.9 Å². The molecule has 3 aromatic rings. The van der Waals surface area contributed by atoms with Crippen LogP contribution in [-0.4, -0.2) is 22.9 Å². The minimum absolute atomic E-state index is 0.189. The molecule has 31 heavy (non-hydrogen) atoms. The fraction of sp³-hybridized carbons (Fsp3) is 0.0870. The predicted molar refractivity (Wildman–Crippen MR) is 118 cm³/mol. The molecule has 0 saturated heterocycles. The maximum atomic E-state index is 12.5. The molecular weight excluding hydrogens is 396 g/mol. The van der Waals surface area contributed by atoms with Gasteiger partial charge in [-0.2, -0.15) is 0 Å². The molecular formula is C23H22N4O4. The number of carboxylic acids is 1. The number of hydrogen-bond donors (Lipinski definition) is 5. The van der Waals surface area contributed by atoms with E-state index in [0.717, 1.165) is 5.56 Å². The van der Waals surface area contributed by atoms with Gasteiger partial charge in [0.05, 0.1) is 6.42 Å². The van der Waals surface area contributed by atoms with Gasteiger partial charge in [0, 0.05) is 23.0 Å². The van der Waals surface area contributed by atoms with Crippen molar-refractivity contribution < 1.29 is 19.4 Å². The van der Waals surface area contributed by atoms with Crippen molar-refractivity contribution in [1.29, 1.82) is 5.41 Å². The van der Waals surface area contributed by atoms with Crippen LogP contribution >= 0.6 is 0 Å². The number of carbonyl (C=O) groups is 2. The van der Waals surface area contributed by atoms with Crippen LogP contribution in [0.4, 0.5) is 11.4 Å². The molecule has 158 valence electrons. The molecule has 0 aromatic heterocycles. The average molecular weight is 418 g/mol. The lowest BCUT2D eigenvalue weighted by Gasteiger charge is -2.18. The second-order valence-corrected chi connectivity index (χ2v) is 6.71. The van der Waals surface area contributed by atoms with Gasteiger partial charge in [0.25, 0.3) is 5.91 Å². The molecule has 0 heterocycles. The van der Waals surface area contributed by atoms with Gasteiger partial charge in [-0.1, -0.05) is 36.4 Å². The van der Waals surface area contributed by atoms with Crippen LogP contribution in [0.15, 0.2) is 78.9 Å². The number of carboxylic acid groups (broad SMARTS) is 1. The zero-order chi connectivity index (χ0) is 22.2. The Hall–Kier alpha value is -4.33. The van der Waals surface area contributed by atoms with Gasteiger partial charge < -0.3 is 26.2 Å². The maximum Gasteiger partial charge on any atom is 0.307 e. The standard InChI is InChI=1S/C23H22N4O4/c24-23(25)27-17-11-9-16(10-12-17)22(30)26-18-7-4-8-19(13-18)31-20(14-21(28)29)15-5-2-1-3-6-15/h1-13,20H,14H2,(H,26,30)(H,28,29)(H4,24,25,27). The Morgan fingerprint density at radius 3 is 2.29 bits per heavy atom. The molecule has 0 spiro atoms. The topological polar surface area (TPSA) is 138 Å². The number of anilines is 2. The third-order valence-corrected chi connectivity index (χ3v) is 4.33. The van der Waals surface area contributed by atoms with Crippen LogP contribution in [0.5, 0.6) is 5.75 Å². The SMILES string of the molecule is N=C(N)Nc1ccc(C(=O)Nc2cccc(OC(CC(=O)O)c3ccccc3)c2)cc1. The van der Waals surface area contributed by atoms with Gasteiger partial charge in [-0.3, -0.25) is 15.0 Å². The van der Waals surface area contributed by atoms with Crippen molar-refractivity contribution in [2.24, 2.45) is 5.73 Å². The molecule has 0 bridgehead atoms. The molecule has 0 aliphatic carbocycles. The Morgan fingerprint density at radius 1 is 0.935 bits per heavy atom. The lowest BCUT2D eigenvalue weighted by atomic mass is 10.1. The zero-order valence-electron chi connectivity index (χ0n) is 16.5. The normalized spacial score (nSPS) is 11.2. The Bertz CT molecular complexity index is 1070. The Morgan fingerprint density at radius 2 is 1.65 bits per heavy atom. The van der Waals surface area contributed by atoms with E-state index in [9.17, 15) is 14.7 Å². The molecule has 8 nitrogen and oxygen atoms in total. The molecule has 1 amide bonds. The first-order valence-electron chi connectivity index (χ1n) is 9.46. The van der Waals surface area contributed by atoms with E-state index in [-0.39, 0.29) is 18.3 Å². The first kappa shape index (κ1) is 21.4. The second-order valence-electron chi connectivity index (χ2n) is 6.71. The summed E-state index contributed by atoms with van der Waals surface area (Å²) in [7, 11) is 0. The number of benzene rings is 3. The maximum absolute atomic E-state index is 12.5. The van der Waals surface area contributed by atoms with Crippen LogP contribution in [0.3, 0.4) is 0 Å². The van der Waals surface area contributed by atoms with Crippen molar-refractivity contribution in [3.63, 3.8) is 0 Å². The number of amides is 1. The van der Waals surface area contributed by atoms with Gasteiger partial charge in [-0.05, 0) is 42.0 Å². The summed E-state index contributed by atoms with van der Waals surface area (Å²) in [5.41, 5.74) is 7.57. The van der Waals surface area contributed by atoms with Gasteiger partial charge in [0.15, 0.2) is 5.96 Å². The summed E-state index contributed by atoms with van der Waals surface area (Å²) in [6, 6.07) is 22.4. The minimum Gasteiger partial charge on any atom is -0.485 e. The molecule has 6 N–H and O–H groups in total. The van der Waals surface area contributed by atoms with E-state index >= 15 is 0 Å². The summed E-state index contributed by atoms with van der Waals surface area (Å²) in [6.07, 6.45) is -0.854. The lowest BCUT2D eigenvalue weighted by Crippen LogP contribution is -2.20. The van der Waals surface area contributed by atoms with Crippen LogP contribution < -0.4 is 21.1 Å². The van der Waals surface area contributed by atoms with E-state index in [0.29, 0.717) is 22.7 Å². The Balaban J connectivity index is 1.71. The van der Waals surface area contributed by atoms with Crippen molar-refractivity contribution in [1.82, 2.24) is 0 Å². The first-order valence-corrected chi connectivity index (χ1v) is 9.46. The minimum atomic E-state index is -0.971. The van der Waals surface area contributed by atoms with Crippen LogP contribution in [0.25, 0.3) is 0 Å². The molecule has 0 aliphatic heterocycles. The smallest absolute Gasteiger partial charge is 0.307 e. The highest BCUT2D eigenvalue weighted by Gasteiger charge is 2.17. The van der Waals surface area contributed by atoms with Crippen molar-refractivity contribution in [3.05, 3.63) is 90.0 Å². The van der Waals surface area contributed by atoms with E-state index in [1.54, 1.807) is 48.5 Å². The number of aliphatic carboxylic acids is 1. The number of carbonyl (C=O) groups excluding carboxylic acids is 1. The van der Waals surface area contributed by atoms with Crippen LogP contribution in [0.2, 0.25) is 0 Å². The van der Waals surface area contributed by atoms with Crippen molar-refractivity contribution >= 4 is 29.2 Å². The molecule has 0 radical (unpaired) electrons. The molecule has 3 aromatic carbocycles. The number of ether oxygens (including phenoxy) is 1. The fourth-order valence-electron chi connectivity index (χ4n) is 2.93. The fourth-order valence-corrected chi connectivity index (χ4v) is 2.93. The number of nitrogens with two attached hydrogens (primary N) is 1. The number of nitrogens with one attached hydrogen (secondary N) is 3.